The number of carbonyl (C=O) groups excluding carboxylic acids is 2. The second kappa shape index (κ2) is 11.0. The molecule has 1 aromatic carbocycles. The molecule has 1 rings (SSSR count). The molecule has 0 unspecified atom stereocenters. The SMILES string of the molecule is CCCCNC(=NCc1ccc(C(=O)NCC(N)=O)cc1)NCC. The normalized spacial score (nSPS) is 11.0. The molecule has 0 heterocycles. The Morgan fingerprint density at radius 3 is 2.38 bits per heavy atom. The van der Waals surface area contributed by atoms with E-state index in [4.69, 9.17) is 5.73 Å². The van der Waals surface area contributed by atoms with Gasteiger partial charge in [0, 0.05) is 18.7 Å². The van der Waals surface area contributed by atoms with Gasteiger partial charge in [-0.05, 0) is 31.0 Å². The highest BCUT2D eigenvalue weighted by Gasteiger charge is 2.06. The van der Waals surface area contributed by atoms with Crippen molar-refractivity contribution >= 4 is 17.8 Å². The zero-order valence-corrected chi connectivity index (χ0v) is 14.4. The van der Waals surface area contributed by atoms with E-state index in [1.807, 2.05) is 19.1 Å². The van der Waals surface area contributed by atoms with Gasteiger partial charge in [-0.25, -0.2) is 4.99 Å². The summed E-state index contributed by atoms with van der Waals surface area (Å²) in [6.07, 6.45) is 2.23. The van der Waals surface area contributed by atoms with E-state index in [-0.39, 0.29) is 12.5 Å². The molecule has 0 aliphatic heterocycles. The highest BCUT2D eigenvalue weighted by Crippen LogP contribution is 2.05. The van der Waals surface area contributed by atoms with E-state index in [1.165, 1.54) is 0 Å². The van der Waals surface area contributed by atoms with Crippen molar-refractivity contribution < 1.29 is 9.59 Å². The first kappa shape index (κ1) is 19.5. The molecule has 0 aliphatic carbocycles. The molecular weight excluding hydrogens is 306 g/mol. The van der Waals surface area contributed by atoms with E-state index in [0.717, 1.165) is 37.5 Å². The van der Waals surface area contributed by atoms with Crippen molar-refractivity contribution in [3.63, 3.8) is 0 Å². The maximum absolute atomic E-state index is 11.8. The summed E-state index contributed by atoms with van der Waals surface area (Å²) in [5.41, 5.74) is 6.48. The van der Waals surface area contributed by atoms with E-state index >= 15 is 0 Å². The fourth-order valence-corrected chi connectivity index (χ4v) is 1.93. The van der Waals surface area contributed by atoms with Crippen LogP contribution in [0.3, 0.4) is 0 Å². The van der Waals surface area contributed by atoms with Crippen molar-refractivity contribution in [1.29, 1.82) is 0 Å². The number of nitrogens with zero attached hydrogens (tertiary/aromatic N) is 1. The average molecular weight is 333 g/mol. The van der Waals surface area contributed by atoms with Crippen molar-refractivity contribution in [2.24, 2.45) is 10.7 Å². The molecule has 2 amide bonds. The number of nitrogens with one attached hydrogen (secondary N) is 3. The van der Waals surface area contributed by atoms with Crippen LogP contribution in [0, 0.1) is 0 Å². The molecule has 5 N–H and O–H groups in total. The lowest BCUT2D eigenvalue weighted by atomic mass is 10.1. The fourth-order valence-electron chi connectivity index (χ4n) is 1.93. The molecule has 1 aromatic rings. The quantitative estimate of drug-likeness (QED) is 0.304. The predicted octanol–water partition coefficient (Wildman–Crippen LogP) is 0.757. The minimum absolute atomic E-state index is 0.166. The number of nitrogens with two attached hydrogens (primary N) is 1. The van der Waals surface area contributed by atoms with E-state index in [9.17, 15) is 9.59 Å². The van der Waals surface area contributed by atoms with Gasteiger partial charge in [0.15, 0.2) is 5.96 Å². The number of guanidine groups is 1. The Balaban J connectivity index is 2.59. The molecule has 24 heavy (non-hydrogen) atoms. The summed E-state index contributed by atoms with van der Waals surface area (Å²) in [5, 5.41) is 8.93. The third-order valence-electron chi connectivity index (χ3n) is 3.23. The molecule has 7 nitrogen and oxygen atoms in total. The number of hydrogen-bond acceptors (Lipinski definition) is 3. The number of hydrogen-bond donors (Lipinski definition) is 4. The smallest absolute Gasteiger partial charge is 0.251 e. The van der Waals surface area contributed by atoms with Crippen molar-refractivity contribution in [1.82, 2.24) is 16.0 Å². The molecule has 132 valence electrons. The first-order chi connectivity index (χ1) is 11.6. The van der Waals surface area contributed by atoms with E-state index < -0.39 is 5.91 Å². The molecule has 0 aliphatic rings. The van der Waals surface area contributed by atoms with Crippen LogP contribution in [0.5, 0.6) is 0 Å². The lowest BCUT2D eigenvalue weighted by Crippen LogP contribution is -2.37. The van der Waals surface area contributed by atoms with Crippen LogP contribution < -0.4 is 21.7 Å². The van der Waals surface area contributed by atoms with E-state index in [2.05, 4.69) is 27.9 Å². The Labute approximate surface area is 143 Å². The van der Waals surface area contributed by atoms with Gasteiger partial charge in [0.05, 0.1) is 13.1 Å². The monoisotopic (exact) mass is 333 g/mol. The van der Waals surface area contributed by atoms with Crippen LogP contribution >= 0.6 is 0 Å². The van der Waals surface area contributed by atoms with Crippen LogP contribution in [0.1, 0.15) is 42.6 Å². The van der Waals surface area contributed by atoms with Crippen molar-refractivity contribution in [2.45, 2.75) is 33.2 Å². The average Bonchev–Trinajstić information content (AvgIpc) is 2.58. The van der Waals surface area contributed by atoms with E-state index in [0.29, 0.717) is 12.1 Å². The third-order valence-corrected chi connectivity index (χ3v) is 3.23. The van der Waals surface area contributed by atoms with Gasteiger partial charge < -0.3 is 21.7 Å². The fraction of sp³-hybridized carbons (Fsp3) is 0.471. The summed E-state index contributed by atoms with van der Waals surface area (Å²) < 4.78 is 0. The molecule has 0 bridgehead atoms. The zero-order valence-electron chi connectivity index (χ0n) is 14.4. The summed E-state index contributed by atoms with van der Waals surface area (Å²) in [6.45, 7) is 6.21. The van der Waals surface area contributed by atoms with E-state index in [1.54, 1.807) is 12.1 Å². The van der Waals surface area contributed by atoms with Crippen molar-refractivity contribution in [2.75, 3.05) is 19.6 Å². The number of benzene rings is 1. The van der Waals surface area contributed by atoms with Crippen LogP contribution in [0.2, 0.25) is 0 Å². The summed E-state index contributed by atoms with van der Waals surface area (Å²) >= 11 is 0. The molecule has 0 fully saturated rings. The second-order valence-electron chi connectivity index (χ2n) is 5.32. The Morgan fingerprint density at radius 2 is 1.79 bits per heavy atom. The summed E-state index contributed by atoms with van der Waals surface area (Å²) in [5.74, 6) is -0.103. The van der Waals surface area contributed by atoms with Gasteiger partial charge in [-0.3, -0.25) is 9.59 Å². The van der Waals surface area contributed by atoms with Gasteiger partial charge in [0.1, 0.15) is 0 Å². The maximum Gasteiger partial charge on any atom is 0.251 e. The molecule has 0 aromatic heterocycles. The van der Waals surface area contributed by atoms with Gasteiger partial charge in [-0.15, -0.1) is 0 Å². The summed E-state index contributed by atoms with van der Waals surface area (Å²) in [4.78, 5) is 27.0. The van der Waals surface area contributed by atoms with Gasteiger partial charge in [0.25, 0.3) is 5.91 Å². The van der Waals surface area contributed by atoms with Crippen molar-refractivity contribution in [3.05, 3.63) is 35.4 Å². The molecular formula is C17H27N5O2. The topological polar surface area (TPSA) is 109 Å². The lowest BCUT2D eigenvalue weighted by Gasteiger charge is -2.10. The zero-order chi connectivity index (χ0) is 17.8. The van der Waals surface area contributed by atoms with Crippen LogP contribution in [-0.4, -0.2) is 37.4 Å². The molecule has 7 heteroatoms. The van der Waals surface area contributed by atoms with Gasteiger partial charge in [-0.2, -0.15) is 0 Å². The molecule has 0 saturated heterocycles. The third kappa shape index (κ3) is 7.62. The Hall–Kier alpha value is -2.57. The second-order valence-corrected chi connectivity index (χ2v) is 5.32. The van der Waals surface area contributed by atoms with Gasteiger partial charge in [-0.1, -0.05) is 25.5 Å². The Morgan fingerprint density at radius 1 is 1.08 bits per heavy atom. The first-order valence-electron chi connectivity index (χ1n) is 8.24. The molecule has 0 saturated carbocycles. The molecule has 0 spiro atoms. The van der Waals surface area contributed by atoms with Crippen LogP contribution in [0.15, 0.2) is 29.3 Å². The van der Waals surface area contributed by atoms with Crippen LogP contribution in [-0.2, 0) is 11.3 Å². The number of aliphatic imine (C=N–C) groups is 1. The Kier molecular flexibility index (Phi) is 8.96. The summed E-state index contributed by atoms with van der Waals surface area (Å²) in [6, 6.07) is 7.10. The van der Waals surface area contributed by atoms with Crippen molar-refractivity contribution in [3.8, 4) is 0 Å². The van der Waals surface area contributed by atoms with Gasteiger partial charge >= 0.3 is 0 Å². The maximum atomic E-state index is 11.8. The summed E-state index contributed by atoms with van der Waals surface area (Å²) in [7, 11) is 0. The standard InChI is InChI=1S/C17H27N5O2/c1-3-5-10-20-17(19-4-2)22-11-13-6-8-14(9-7-13)16(24)21-12-15(18)23/h6-9H,3-5,10-12H2,1-2H3,(H2,18,23)(H,21,24)(H2,19,20,22). The number of amides is 2. The van der Waals surface area contributed by atoms with Crippen LogP contribution in [0.25, 0.3) is 0 Å². The molecule has 0 atom stereocenters. The minimum atomic E-state index is -0.569. The highest BCUT2D eigenvalue weighted by molar-refractivity contribution is 5.96. The number of primary amides is 1. The predicted molar refractivity (Wildman–Crippen MR) is 95.7 cm³/mol. The largest absolute Gasteiger partial charge is 0.368 e. The number of rotatable bonds is 9. The number of unbranched alkanes of at least 4 members (excludes halogenated alkanes) is 1. The Bertz CT molecular complexity index is 555. The minimum Gasteiger partial charge on any atom is -0.368 e. The lowest BCUT2D eigenvalue weighted by molar-refractivity contribution is -0.117. The highest BCUT2D eigenvalue weighted by atomic mass is 16.2. The number of carbonyl (C=O) groups is 2. The molecule has 0 radical (unpaired) electrons. The van der Waals surface area contributed by atoms with Gasteiger partial charge in [0.2, 0.25) is 5.91 Å². The first-order valence-corrected chi connectivity index (χ1v) is 8.24. The van der Waals surface area contributed by atoms with Crippen LogP contribution in [0.4, 0.5) is 0 Å².